The number of carbonyl (C=O) groups is 1. The van der Waals surface area contributed by atoms with Crippen LogP contribution in [0.2, 0.25) is 0 Å². The van der Waals surface area contributed by atoms with E-state index >= 15 is 0 Å². The molecule has 2 fully saturated rings. The van der Waals surface area contributed by atoms with Gasteiger partial charge in [0.05, 0.1) is 35.8 Å². The summed E-state index contributed by atoms with van der Waals surface area (Å²) >= 11 is 0. The van der Waals surface area contributed by atoms with Gasteiger partial charge in [0, 0.05) is 26.2 Å². The Morgan fingerprint density at radius 1 is 1.03 bits per heavy atom. The van der Waals surface area contributed by atoms with Gasteiger partial charge in [0.15, 0.2) is 11.6 Å². The van der Waals surface area contributed by atoms with Gasteiger partial charge in [-0.05, 0) is 58.6 Å². The third-order valence-electron chi connectivity index (χ3n) is 6.71. The third kappa shape index (κ3) is 4.33. The molecule has 4 rings (SSSR count). The molecule has 7 heteroatoms. The minimum Gasteiger partial charge on any atom is -0.469 e. The zero-order valence-electron chi connectivity index (χ0n) is 19.3. The second-order valence-electron chi connectivity index (χ2n) is 9.52. The van der Waals surface area contributed by atoms with Crippen molar-refractivity contribution in [3.63, 3.8) is 0 Å². The fraction of sp³-hybridized carbons (Fsp3) is 0.625. The molecule has 0 radical (unpaired) electrons. The van der Waals surface area contributed by atoms with Crippen molar-refractivity contribution >= 4 is 28.6 Å². The summed E-state index contributed by atoms with van der Waals surface area (Å²) in [5.41, 5.74) is 1.25. The number of aromatic nitrogens is 2. The van der Waals surface area contributed by atoms with Crippen molar-refractivity contribution in [2.45, 2.75) is 52.7 Å². The molecule has 1 aromatic heterocycles. The third-order valence-corrected chi connectivity index (χ3v) is 6.71. The van der Waals surface area contributed by atoms with Gasteiger partial charge < -0.3 is 19.3 Å². The van der Waals surface area contributed by atoms with Crippen LogP contribution in [0.5, 0.6) is 0 Å². The minimum absolute atomic E-state index is 0.136. The SMILES string of the molecule is COC(=O)C(C)(C)C1CCCN(c2nc3ccccc3nc2N2CC(C)OC(C)C2)C1. The molecule has 7 nitrogen and oxygen atoms in total. The number of hydrogen-bond donors (Lipinski definition) is 0. The molecule has 2 aliphatic heterocycles. The predicted molar refractivity (Wildman–Crippen MR) is 122 cm³/mol. The summed E-state index contributed by atoms with van der Waals surface area (Å²) in [6.07, 6.45) is 2.28. The van der Waals surface area contributed by atoms with Crippen LogP contribution in [0.3, 0.4) is 0 Å². The molecule has 3 unspecified atom stereocenters. The Kier molecular flexibility index (Phi) is 6.06. The second-order valence-corrected chi connectivity index (χ2v) is 9.52. The Morgan fingerprint density at radius 2 is 1.61 bits per heavy atom. The first-order chi connectivity index (χ1) is 14.8. The highest BCUT2D eigenvalue weighted by Crippen LogP contribution is 2.38. The minimum atomic E-state index is -0.542. The molecule has 0 saturated carbocycles. The first-order valence-electron chi connectivity index (χ1n) is 11.3. The normalized spacial score (nSPS) is 25.0. The standard InChI is InChI=1S/C24H34N4O3/c1-16-13-28(14-17(2)31-16)22-21(25-19-10-6-7-11-20(19)26-22)27-12-8-9-18(15-27)24(3,4)23(29)30-5/h6-7,10-11,16-18H,8-9,12-15H2,1-5H3. The van der Waals surface area contributed by atoms with Crippen molar-refractivity contribution < 1.29 is 14.3 Å². The molecule has 31 heavy (non-hydrogen) atoms. The lowest BCUT2D eigenvalue weighted by molar-refractivity contribution is -0.154. The lowest BCUT2D eigenvalue weighted by Gasteiger charge is -2.42. The zero-order valence-corrected chi connectivity index (χ0v) is 19.3. The van der Waals surface area contributed by atoms with Crippen molar-refractivity contribution in [2.75, 3.05) is 43.1 Å². The van der Waals surface area contributed by atoms with Gasteiger partial charge in [-0.3, -0.25) is 4.79 Å². The number of morpholine rings is 1. The zero-order chi connectivity index (χ0) is 22.2. The van der Waals surface area contributed by atoms with Gasteiger partial charge in [0.1, 0.15) is 0 Å². The molecule has 168 valence electrons. The van der Waals surface area contributed by atoms with Crippen molar-refractivity contribution in [1.29, 1.82) is 0 Å². The Balaban J connectivity index is 1.72. The van der Waals surface area contributed by atoms with Crippen LogP contribution in [0, 0.1) is 11.3 Å². The van der Waals surface area contributed by atoms with Crippen LogP contribution in [0.4, 0.5) is 11.6 Å². The van der Waals surface area contributed by atoms with Gasteiger partial charge in [-0.15, -0.1) is 0 Å². The van der Waals surface area contributed by atoms with E-state index in [2.05, 4.69) is 23.6 Å². The van der Waals surface area contributed by atoms with Crippen LogP contribution in [0.1, 0.15) is 40.5 Å². The number of benzene rings is 1. The summed E-state index contributed by atoms with van der Waals surface area (Å²) in [6, 6.07) is 8.03. The molecular formula is C24H34N4O3. The number of piperidine rings is 1. The fourth-order valence-corrected chi connectivity index (χ4v) is 4.94. The quantitative estimate of drug-likeness (QED) is 0.691. The number of fused-ring (bicyclic) bond motifs is 1. The summed E-state index contributed by atoms with van der Waals surface area (Å²) in [7, 11) is 1.47. The predicted octanol–water partition coefficient (Wildman–Crippen LogP) is 3.66. The number of para-hydroxylation sites is 2. The molecule has 0 amide bonds. The number of ether oxygens (including phenoxy) is 2. The van der Waals surface area contributed by atoms with E-state index in [4.69, 9.17) is 19.4 Å². The smallest absolute Gasteiger partial charge is 0.311 e. The average molecular weight is 427 g/mol. The van der Waals surface area contributed by atoms with E-state index in [9.17, 15) is 4.79 Å². The Bertz CT molecular complexity index is 938. The number of methoxy groups -OCH3 is 1. The van der Waals surface area contributed by atoms with E-state index < -0.39 is 5.41 Å². The van der Waals surface area contributed by atoms with E-state index in [1.54, 1.807) is 0 Å². The van der Waals surface area contributed by atoms with Gasteiger partial charge in [-0.1, -0.05) is 12.1 Å². The maximum atomic E-state index is 12.4. The van der Waals surface area contributed by atoms with Crippen molar-refractivity contribution in [2.24, 2.45) is 11.3 Å². The van der Waals surface area contributed by atoms with Crippen molar-refractivity contribution in [3.05, 3.63) is 24.3 Å². The largest absolute Gasteiger partial charge is 0.469 e. The molecule has 0 aliphatic carbocycles. The lowest BCUT2D eigenvalue weighted by atomic mass is 9.74. The molecule has 2 aliphatic rings. The van der Waals surface area contributed by atoms with Crippen LogP contribution in [-0.4, -0.2) is 61.4 Å². The van der Waals surface area contributed by atoms with Crippen LogP contribution < -0.4 is 9.80 Å². The van der Waals surface area contributed by atoms with Crippen LogP contribution in [-0.2, 0) is 14.3 Å². The number of rotatable bonds is 4. The number of hydrogen-bond acceptors (Lipinski definition) is 7. The summed E-state index contributed by atoms with van der Waals surface area (Å²) < 4.78 is 11.1. The Labute approximate surface area is 184 Å². The summed E-state index contributed by atoms with van der Waals surface area (Å²) in [5, 5.41) is 0. The number of nitrogens with zero attached hydrogens (tertiary/aromatic N) is 4. The van der Waals surface area contributed by atoms with Gasteiger partial charge >= 0.3 is 5.97 Å². The molecule has 2 saturated heterocycles. The molecule has 3 heterocycles. The van der Waals surface area contributed by atoms with Crippen LogP contribution in [0.25, 0.3) is 11.0 Å². The van der Waals surface area contributed by atoms with E-state index in [0.29, 0.717) is 0 Å². The first-order valence-corrected chi connectivity index (χ1v) is 11.3. The molecule has 1 aromatic carbocycles. The molecule has 0 spiro atoms. The van der Waals surface area contributed by atoms with E-state index in [0.717, 1.165) is 61.7 Å². The van der Waals surface area contributed by atoms with Gasteiger partial charge in [0.25, 0.3) is 0 Å². The molecule has 0 bridgehead atoms. The van der Waals surface area contributed by atoms with Gasteiger partial charge in [-0.2, -0.15) is 0 Å². The topological polar surface area (TPSA) is 67.8 Å². The lowest BCUT2D eigenvalue weighted by Crippen LogP contribution is -2.48. The molecule has 3 atom stereocenters. The fourth-order valence-electron chi connectivity index (χ4n) is 4.94. The number of carbonyl (C=O) groups excluding carboxylic acids is 1. The second kappa shape index (κ2) is 8.61. The van der Waals surface area contributed by atoms with Crippen LogP contribution in [0.15, 0.2) is 24.3 Å². The molecule has 2 aromatic rings. The summed E-state index contributed by atoms with van der Waals surface area (Å²) in [6.45, 7) is 11.4. The van der Waals surface area contributed by atoms with E-state index in [-0.39, 0.29) is 24.1 Å². The maximum absolute atomic E-state index is 12.4. The summed E-state index contributed by atoms with van der Waals surface area (Å²) in [4.78, 5) is 27.2. The van der Waals surface area contributed by atoms with Crippen LogP contribution >= 0.6 is 0 Å². The Hall–Kier alpha value is -2.41. The number of anilines is 2. The molecular weight excluding hydrogens is 392 g/mol. The van der Waals surface area contributed by atoms with Gasteiger partial charge in [-0.25, -0.2) is 9.97 Å². The number of esters is 1. The van der Waals surface area contributed by atoms with Gasteiger partial charge in [0.2, 0.25) is 0 Å². The van der Waals surface area contributed by atoms with E-state index in [1.807, 2.05) is 38.1 Å². The van der Waals surface area contributed by atoms with E-state index in [1.165, 1.54) is 7.11 Å². The highest BCUT2D eigenvalue weighted by atomic mass is 16.5. The first kappa shape index (κ1) is 21.8. The average Bonchev–Trinajstić information content (AvgIpc) is 2.77. The highest BCUT2D eigenvalue weighted by molar-refractivity contribution is 5.81. The molecule has 0 N–H and O–H groups in total. The maximum Gasteiger partial charge on any atom is 0.311 e. The monoisotopic (exact) mass is 426 g/mol. The summed E-state index contributed by atoms with van der Waals surface area (Å²) in [5.74, 6) is 1.86. The Morgan fingerprint density at radius 3 is 2.19 bits per heavy atom. The van der Waals surface area contributed by atoms with Crippen molar-refractivity contribution in [3.8, 4) is 0 Å². The van der Waals surface area contributed by atoms with Crippen molar-refractivity contribution in [1.82, 2.24) is 9.97 Å². The highest BCUT2D eigenvalue weighted by Gasteiger charge is 2.41.